The van der Waals surface area contributed by atoms with Gasteiger partial charge in [0.05, 0.1) is 15.7 Å². The molecule has 4 aromatic carbocycles. The van der Waals surface area contributed by atoms with E-state index in [1.165, 1.54) is 12.5 Å². The summed E-state index contributed by atoms with van der Waals surface area (Å²) in [5.41, 5.74) is 8.29. The fourth-order valence-corrected chi connectivity index (χ4v) is 6.53. The van der Waals surface area contributed by atoms with Crippen molar-refractivity contribution in [2.45, 2.75) is 36.3 Å². The maximum absolute atomic E-state index is 12.2. The predicted molar refractivity (Wildman–Crippen MR) is 174 cm³/mol. The Bertz CT molecular complexity index is 2030. The second kappa shape index (κ2) is 12.2. The van der Waals surface area contributed by atoms with Crippen molar-refractivity contribution in [1.29, 1.82) is 0 Å². The average molecular weight is 612 g/mol. The number of pyridine rings is 1. The number of sulfone groups is 2. The third-order valence-corrected chi connectivity index (χ3v) is 10.5. The minimum absolute atomic E-state index is 0.245. The van der Waals surface area contributed by atoms with Crippen LogP contribution in [0.25, 0.3) is 44.3 Å². The number of aromatic nitrogens is 1. The van der Waals surface area contributed by atoms with E-state index in [1.807, 2.05) is 72.8 Å². The van der Waals surface area contributed by atoms with E-state index < -0.39 is 24.9 Å². The largest absolute Gasteiger partial charge is 0.303 e. The minimum Gasteiger partial charge on any atom is -0.303 e. The molecule has 5 aromatic rings. The van der Waals surface area contributed by atoms with Crippen molar-refractivity contribution in [3.05, 3.63) is 108 Å². The normalized spacial score (nSPS) is 12.7. The average Bonchev–Trinajstić information content (AvgIpc) is 2.98. The zero-order valence-corrected chi connectivity index (χ0v) is 26.0. The van der Waals surface area contributed by atoms with Gasteiger partial charge < -0.3 is 4.79 Å². The topological polar surface area (TPSA) is 98.2 Å². The molecule has 8 heteroatoms. The molecule has 0 aliphatic heterocycles. The molecule has 43 heavy (non-hydrogen) atoms. The Labute approximate surface area is 253 Å². The van der Waals surface area contributed by atoms with Crippen LogP contribution in [0.4, 0.5) is 0 Å². The third-order valence-electron chi connectivity index (χ3n) is 7.76. The fourth-order valence-electron chi connectivity index (χ4n) is 5.40. The van der Waals surface area contributed by atoms with Gasteiger partial charge in [-0.2, -0.15) is 0 Å². The van der Waals surface area contributed by atoms with Gasteiger partial charge in [-0.15, -0.1) is 0 Å². The van der Waals surface area contributed by atoms with E-state index in [-0.39, 0.29) is 4.90 Å². The van der Waals surface area contributed by atoms with Gasteiger partial charge >= 0.3 is 0 Å². The van der Waals surface area contributed by atoms with Crippen LogP contribution in [0.15, 0.2) is 102 Å². The highest BCUT2D eigenvalue weighted by molar-refractivity contribution is 7.91. The Kier molecular flexibility index (Phi) is 8.62. The number of hydrogen-bond acceptors (Lipinski definition) is 6. The summed E-state index contributed by atoms with van der Waals surface area (Å²) in [6, 6.07) is 28.9. The van der Waals surface area contributed by atoms with Crippen molar-refractivity contribution in [2.24, 2.45) is 0 Å². The molecule has 1 unspecified atom stereocenters. The first-order valence-corrected chi connectivity index (χ1v) is 17.8. The van der Waals surface area contributed by atoms with Crippen LogP contribution < -0.4 is 0 Å². The summed E-state index contributed by atoms with van der Waals surface area (Å²) in [6.45, 7) is 1.73. The summed E-state index contributed by atoms with van der Waals surface area (Å²) in [6.07, 6.45) is 6.42. The third kappa shape index (κ3) is 6.76. The number of nitrogens with zero attached hydrogens (tertiary/aromatic N) is 1. The molecule has 0 spiro atoms. The monoisotopic (exact) mass is 611 g/mol. The van der Waals surface area contributed by atoms with E-state index in [2.05, 4.69) is 11.1 Å². The van der Waals surface area contributed by atoms with Gasteiger partial charge in [-0.25, -0.2) is 16.8 Å². The summed E-state index contributed by atoms with van der Waals surface area (Å²) in [4.78, 5) is 16.2. The zero-order chi connectivity index (χ0) is 30.8. The molecule has 0 amide bonds. The molecular formula is C35H33NO5S2. The number of benzene rings is 4. The van der Waals surface area contributed by atoms with Gasteiger partial charge in [0.25, 0.3) is 0 Å². The number of carbonyl (C=O) groups excluding carboxylic acids is 1. The first-order valence-electron chi connectivity index (χ1n) is 14.0. The highest BCUT2D eigenvalue weighted by Gasteiger charge is 2.18. The zero-order valence-electron chi connectivity index (χ0n) is 24.3. The second-order valence-corrected chi connectivity index (χ2v) is 15.5. The number of aryl methyl sites for hydroxylation is 1. The molecule has 5 rings (SSSR count). The molecule has 220 valence electrons. The van der Waals surface area contributed by atoms with Crippen LogP contribution in [0.3, 0.4) is 0 Å². The van der Waals surface area contributed by atoms with Gasteiger partial charge in [-0.1, -0.05) is 54.6 Å². The fraction of sp³-hybridized carbons (Fsp3) is 0.200. The Balaban J connectivity index is 1.67. The first kappa shape index (κ1) is 30.3. The number of carbonyl (C=O) groups is 1. The van der Waals surface area contributed by atoms with Gasteiger partial charge in [-0.05, 0) is 95.1 Å². The van der Waals surface area contributed by atoms with Crippen LogP contribution in [0, 0.1) is 0 Å². The predicted octanol–water partition coefficient (Wildman–Crippen LogP) is 6.75. The van der Waals surface area contributed by atoms with Crippen LogP contribution in [0.5, 0.6) is 0 Å². The van der Waals surface area contributed by atoms with Crippen LogP contribution in [0.1, 0.15) is 24.5 Å². The lowest BCUT2D eigenvalue weighted by Gasteiger charge is -2.17. The minimum atomic E-state index is -3.35. The lowest BCUT2D eigenvalue weighted by molar-refractivity contribution is -0.107. The van der Waals surface area contributed by atoms with Crippen LogP contribution in [-0.4, -0.2) is 45.9 Å². The molecule has 0 fully saturated rings. The molecule has 0 bridgehead atoms. The van der Waals surface area contributed by atoms with Crippen molar-refractivity contribution >= 4 is 36.9 Å². The van der Waals surface area contributed by atoms with Crippen LogP contribution in [-0.2, 0) is 37.3 Å². The summed E-state index contributed by atoms with van der Waals surface area (Å²) in [7, 11) is -6.55. The number of hydrogen-bond donors (Lipinski definition) is 0. The maximum atomic E-state index is 12.2. The van der Waals surface area contributed by atoms with Crippen molar-refractivity contribution in [1.82, 2.24) is 4.98 Å². The molecule has 0 aliphatic carbocycles. The molecular weight excluding hydrogens is 579 g/mol. The molecule has 0 saturated heterocycles. The summed E-state index contributed by atoms with van der Waals surface area (Å²) < 4.78 is 48.6. The summed E-state index contributed by atoms with van der Waals surface area (Å²) in [5.74, 6) is 0. The van der Waals surface area contributed by atoms with Gasteiger partial charge in [-0.3, -0.25) is 4.98 Å². The highest BCUT2D eigenvalue weighted by Crippen LogP contribution is 2.38. The van der Waals surface area contributed by atoms with E-state index in [4.69, 9.17) is 0 Å². The molecule has 0 N–H and O–H groups in total. The van der Waals surface area contributed by atoms with E-state index in [0.717, 1.165) is 61.7 Å². The molecule has 1 atom stereocenters. The Hall–Kier alpha value is -4.14. The van der Waals surface area contributed by atoms with Crippen molar-refractivity contribution in [2.75, 3.05) is 12.5 Å². The lowest BCUT2D eigenvalue weighted by atomic mass is 9.87. The van der Waals surface area contributed by atoms with Crippen LogP contribution in [0.2, 0.25) is 0 Å². The summed E-state index contributed by atoms with van der Waals surface area (Å²) in [5, 5.41) is 0.412. The molecule has 6 nitrogen and oxygen atoms in total. The van der Waals surface area contributed by atoms with Gasteiger partial charge in [0, 0.05) is 36.1 Å². The van der Waals surface area contributed by atoms with Crippen molar-refractivity contribution in [3.63, 3.8) is 0 Å². The Morgan fingerprint density at radius 1 is 0.767 bits per heavy atom. The summed E-state index contributed by atoms with van der Waals surface area (Å²) >= 11 is 0. The highest BCUT2D eigenvalue weighted by atomic mass is 32.2. The van der Waals surface area contributed by atoms with E-state index in [9.17, 15) is 21.6 Å². The van der Waals surface area contributed by atoms with Crippen molar-refractivity contribution < 1.29 is 21.6 Å². The molecule has 1 heterocycles. The molecule has 0 aliphatic rings. The number of aldehydes is 1. The number of rotatable bonds is 10. The lowest BCUT2D eigenvalue weighted by Crippen LogP contribution is -2.18. The van der Waals surface area contributed by atoms with E-state index >= 15 is 0 Å². The van der Waals surface area contributed by atoms with Gasteiger partial charge in [0.15, 0.2) is 9.84 Å². The number of fused-ring (bicyclic) bond motifs is 1. The smallest absolute Gasteiger partial charge is 0.175 e. The van der Waals surface area contributed by atoms with E-state index in [1.54, 1.807) is 25.3 Å². The maximum Gasteiger partial charge on any atom is 0.175 e. The Morgan fingerprint density at radius 2 is 1.47 bits per heavy atom. The van der Waals surface area contributed by atoms with Gasteiger partial charge in [0.2, 0.25) is 0 Å². The SMILES string of the molecule is CC(Cc1cc(-c2cccc(-c3cccc(CCC=O)c3-c3ccc(S(C)(=O)=O)cc3)c2)c2ncccc2c1)S(C)(=O)=O. The standard InChI is InChI=1S/C35H33NO5S2/c1-24(42(2,38)39)20-25-21-30-11-6-18-36-35(30)33(22-25)29-10-4-9-28(23-29)32-13-5-8-26(12-7-19-37)34(32)27-14-16-31(17-15-27)43(3,40)41/h4-6,8-11,13-19,21-24H,7,12,20H2,1-3H3. The van der Waals surface area contributed by atoms with E-state index in [0.29, 0.717) is 19.3 Å². The Morgan fingerprint density at radius 3 is 2.14 bits per heavy atom. The quantitative estimate of drug-likeness (QED) is 0.162. The van der Waals surface area contributed by atoms with Gasteiger partial charge in [0.1, 0.15) is 16.1 Å². The molecule has 0 saturated carbocycles. The van der Waals surface area contributed by atoms with Crippen molar-refractivity contribution in [3.8, 4) is 33.4 Å². The second-order valence-electron chi connectivity index (χ2n) is 11.0. The van der Waals surface area contributed by atoms with Crippen LogP contribution >= 0.6 is 0 Å². The molecule has 1 aromatic heterocycles. The molecule has 0 radical (unpaired) electrons. The first-order chi connectivity index (χ1) is 20.5.